The molecule has 0 fully saturated rings. The summed E-state index contributed by atoms with van der Waals surface area (Å²) in [5.41, 5.74) is -0.603. The molecule has 0 bridgehead atoms. The van der Waals surface area contributed by atoms with Crippen molar-refractivity contribution < 1.29 is 18.5 Å². The molecule has 1 N–H and O–H groups in total. The van der Waals surface area contributed by atoms with E-state index in [9.17, 15) is 9.46 Å². The Kier molecular flexibility index (Phi) is 6.69. The summed E-state index contributed by atoms with van der Waals surface area (Å²) in [5.74, 6) is 0. The molecule has 0 aromatic rings. The quantitative estimate of drug-likeness (QED) is 0.519. The second-order valence-electron chi connectivity index (χ2n) is 4.31. The molecule has 0 aliphatic heterocycles. The van der Waals surface area contributed by atoms with Gasteiger partial charge in [0.25, 0.3) is 0 Å². The Hall–Kier alpha value is 0.110. The number of phosphoric acid groups is 1. The van der Waals surface area contributed by atoms with E-state index in [0.717, 1.165) is 19.3 Å². The molecule has 0 saturated carbocycles. The third-order valence-corrected chi connectivity index (χ3v) is 3.41. The summed E-state index contributed by atoms with van der Waals surface area (Å²) in [5, 5.41) is 0. The predicted molar refractivity (Wildman–Crippen MR) is 60.8 cm³/mol. The fraction of sp³-hybridized carbons (Fsp3) is 1.00. The average Bonchev–Trinajstić information content (AvgIpc) is 2.11. The highest BCUT2D eigenvalue weighted by Gasteiger charge is 2.30. The first-order valence-corrected chi connectivity index (χ1v) is 6.92. The van der Waals surface area contributed by atoms with Crippen LogP contribution in [0.4, 0.5) is 0 Å². The molecule has 0 rings (SSSR count). The maximum atomic E-state index is 11.2. The normalized spacial score (nSPS) is 16.3. The Morgan fingerprint density at radius 3 is 2.33 bits per heavy atom. The number of unbranched alkanes of at least 4 members (excludes halogenated alkanes) is 3. The summed E-state index contributed by atoms with van der Waals surface area (Å²) in [6, 6.07) is 0. The van der Waals surface area contributed by atoms with Crippen molar-refractivity contribution >= 4 is 7.82 Å². The van der Waals surface area contributed by atoms with E-state index < -0.39 is 13.4 Å². The first-order valence-electron chi connectivity index (χ1n) is 5.42. The maximum absolute atomic E-state index is 11.2. The van der Waals surface area contributed by atoms with Crippen LogP contribution in [0.3, 0.4) is 0 Å². The van der Waals surface area contributed by atoms with Crippen LogP contribution in [0.25, 0.3) is 0 Å². The van der Waals surface area contributed by atoms with Crippen molar-refractivity contribution in [2.24, 2.45) is 0 Å². The zero-order chi connectivity index (χ0) is 11.9. The van der Waals surface area contributed by atoms with Gasteiger partial charge in [-0.2, -0.15) is 0 Å². The van der Waals surface area contributed by atoms with E-state index >= 15 is 0 Å². The van der Waals surface area contributed by atoms with Crippen molar-refractivity contribution in [1.82, 2.24) is 0 Å². The van der Waals surface area contributed by atoms with E-state index in [1.807, 2.05) is 0 Å². The van der Waals surface area contributed by atoms with Crippen LogP contribution in [0.2, 0.25) is 0 Å². The van der Waals surface area contributed by atoms with Crippen LogP contribution < -0.4 is 0 Å². The highest BCUT2D eigenvalue weighted by atomic mass is 31.2. The van der Waals surface area contributed by atoms with Gasteiger partial charge in [-0.1, -0.05) is 32.6 Å². The maximum Gasteiger partial charge on any atom is 0.472 e. The largest absolute Gasteiger partial charge is 0.472 e. The van der Waals surface area contributed by atoms with Crippen LogP contribution in [-0.2, 0) is 13.6 Å². The topological polar surface area (TPSA) is 55.8 Å². The highest BCUT2D eigenvalue weighted by molar-refractivity contribution is 7.47. The average molecular weight is 238 g/mol. The number of hydrogen-bond donors (Lipinski definition) is 1. The lowest BCUT2D eigenvalue weighted by Crippen LogP contribution is -2.23. The summed E-state index contributed by atoms with van der Waals surface area (Å²) < 4.78 is 20.6. The standard InChI is InChI=1S/C10H23O4P/c1-5-6-7-8-9-10(2,3)14-15(11,12)13-4/h5-9H2,1-4H3,(H,11,12). The first-order chi connectivity index (χ1) is 6.83. The summed E-state index contributed by atoms with van der Waals surface area (Å²) in [6.45, 7) is 5.76. The van der Waals surface area contributed by atoms with Crippen molar-refractivity contribution in [1.29, 1.82) is 0 Å². The molecule has 5 heteroatoms. The van der Waals surface area contributed by atoms with Gasteiger partial charge in [-0.15, -0.1) is 0 Å². The van der Waals surface area contributed by atoms with E-state index in [2.05, 4.69) is 11.4 Å². The van der Waals surface area contributed by atoms with Crippen LogP contribution in [0.1, 0.15) is 52.9 Å². The molecule has 0 radical (unpaired) electrons. The zero-order valence-electron chi connectivity index (χ0n) is 10.2. The van der Waals surface area contributed by atoms with E-state index in [4.69, 9.17) is 4.52 Å². The number of phosphoric ester groups is 1. The van der Waals surface area contributed by atoms with E-state index in [-0.39, 0.29) is 0 Å². The molecule has 1 atom stereocenters. The van der Waals surface area contributed by atoms with Crippen LogP contribution in [0.15, 0.2) is 0 Å². The van der Waals surface area contributed by atoms with Gasteiger partial charge in [-0.05, 0) is 20.3 Å². The van der Waals surface area contributed by atoms with Crippen molar-refractivity contribution in [3.05, 3.63) is 0 Å². The summed E-state index contributed by atoms with van der Waals surface area (Å²) in [4.78, 5) is 9.17. The Labute approximate surface area is 92.6 Å². The van der Waals surface area contributed by atoms with E-state index in [1.54, 1.807) is 13.8 Å². The molecule has 15 heavy (non-hydrogen) atoms. The zero-order valence-corrected chi connectivity index (χ0v) is 11.0. The first kappa shape index (κ1) is 15.1. The van der Waals surface area contributed by atoms with Gasteiger partial charge in [-0.3, -0.25) is 9.05 Å². The fourth-order valence-corrected chi connectivity index (χ4v) is 2.16. The third kappa shape index (κ3) is 7.97. The molecule has 0 aromatic heterocycles. The van der Waals surface area contributed by atoms with E-state index in [0.29, 0.717) is 0 Å². The lowest BCUT2D eigenvalue weighted by Gasteiger charge is -2.26. The van der Waals surface area contributed by atoms with Crippen molar-refractivity contribution in [3.63, 3.8) is 0 Å². The molecule has 0 saturated heterocycles. The minimum atomic E-state index is -3.85. The van der Waals surface area contributed by atoms with Crippen molar-refractivity contribution in [3.8, 4) is 0 Å². The Morgan fingerprint density at radius 1 is 1.27 bits per heavy atom. The molecule has 4 nitrogen and oxygen atoms in total. The molecule has 0 aromatic carbocycles. The minimum Gasteiger partial charge on any atom is -0.302 e. The van der Waals surface area contributed by atoms with Crippen LogP contribution in [0.5, 0.6) is 0 Å². The van der Waals surface area contributed by atoms with Crippen LogP contribution >= 0.6 is 7.82 Å². The highest BCUT2D eigenvalue weighted by Crippen LogP contribution is 2.47. The van der Waals surface area contributed by atoms with Gasteiger partial charge in [0, 0.05) is 7.11 Å². The smallest absolute Gasteiger partial charge is 0.302 e. The van der Waals surface area contributed by atoms with Gasteiger partial charge in [0.1, 0.15) is 0 Å². The Morgan fingerprint density at radius 2 is 1.87 bits per heavy atom. The Bertz CT molecular complexity index is 215. The van der Waals surface area contributed by atoms with Gasteiger partial charge in [0.05, 0.1) is 5.60 Å². The molecule has 0 spiro atoms. The fourth-order valence-electron chi connectivity index (χ4n) is 1.37. The molecule has 0 heterocycles. The number of rotatable bonds is 8. The predicted octanol–water partition coefficient (Wildman–Crippen LogP) is 3.50. The van der Waals surface area contributed by atoms with Crippen molar-refractivity contribution in [2.75, 3.05) is 7.11 Å². The Balaban J connectivity index is 3.91. The van der Waals surface area contributed by atoms with Gasteiger partial charge in [0.2, 0.25) is 0 Å². The monoisotopic (exact) mass is 238 g/mol. The summed E-state index contributed by atoms with van der Waals surface area (Å²) in [7, 11) is -2.68. The minimum absolute atomic E-state index is 0.603. The van der Waals surface area contributed by atoms with Crippen LogP contribution in [0, 0.1) is 0 Å². The molecule has 92 valence electrons. The SMILES string of the molecule is CCCCCCC(C)(C)OP(=O)(O)OC. The van der Waals surface area contributed by atoms with Crippen molar-refractivity contribution in [2.45, 2.75) is 58.5 Å². The lowest BCUT2D eigenvalue weighted by atomic mass is 10.0. The molecule has 0 aliphatic carbocycles. The molecule has 1 unspecified atom stereocenters. The summed E-state index contributed by atoms with van der Waals surface area (Å²) >= 11 is 0. The summed E-state index contributed by atoms with van der Waals surface area (Å²) in [6.07, 6.45) is 5.27. The van der Waals surface area contributed by atoms with Gasteiger partial charge >= 0.3 is 7.82 Å². The second kappa shape index (κ2) is 6.64. The molecule has 0 amide bonds. The van der Waals surface area contributed by atoms with Crippen LogP contribution in [-0.4, -0.2) is 17.6 Å². The van der Waals surface area contributed by atoms with Gasteiger partial charge < -0.3 is 4.89 Å². The van der Waals surface area contributed by atoms with E-state index in [1.165, 1.54) is 20.0 Å². The third-order valence-electron chi connectivity index (χ3n) is 2.23. The molecular weight excluding hydrogens is 215 g/mol. The van der Waals surface area contributed by atoms with Gasteiger partial charge in [0.15, 0.2) is 0 Å². The molecule has 0 aliphatic rings. The van der Waals surface area contributed by atoms with Gasteiger partial charge in [-0.25, -0.2) is 4.57 Å². The molecular formula is C10H23O4P. The number of hydrogen-bond acceptors (Lipinski definition) is 3. The lowest BCUT2D eigenvalue weighted by molar-refractivity contribution is 0.0481. The second-order valence-corrected chi connectivity index (χ2v) is 5.80.